The molecule has 30 heavy (non-hydrogen) atoms. The van der Waals surface area contributed by atoms with Gasteiger partial charge in [-0.25, -0.2) is 4.79 Å². The van der Waals surface area contributed by atoms with E-state index in [9.17, 15) is 19.2 Å². The average molecular weight is 409 g/mol. The summed E-state index contributed by atoms with van der Waals surface area (Å²) in [7, 11) is 0. The topological polar surface area (TPSA) is 105 Å². The zero-order chi connectivity index (χ0) is 21.7. The predicted octanol–water partition coefficient (Wildman–Crippen LogP) is 2.81. The Hall–Kier alpha value is -3.68. The maximum atomic E-state index is 12.6. The summed E-state index contributed by atoms with van der Waals surface area (Å²) >= 11 is 0. The molecule has 0 aromatic heterocycles. The van der Waals surface area contributed by atoms with Gasteiger partial charge in [0, 0.05) is 37.0 Å². The van der Waals surface area contributed by atoms with E-state index in [0.717, 1.165) is 0 Å². The van der Waals surface area contributed by atoms with Crippen molar-refractivity contribution in [3.63, 3.8) is 0 Å². The lowest BCUT2D eigenvalue weighted by Crippen LogP contribution is -2.28. The van der Waals surface area contributed by atoms with E-state index in [1.807, 2.05) is 0 Å². The quantitative estimate of drug-likeness (QED) is 0.714. The molecule has 2 aromatic rings. The molecule has 0 radical (unpaired) electrons. The van der Waals surface area contributed by atoms with Gasteiger partial charge in [0.2, 0.25) is 17.7 Å². The first-order valence-corrected chi connectivity index (χ1v) is 9.63. The van der Waals surface area contributed by atoms with Gasteiger partial charge in [-0.1, -0.05) is 6.07 Å². The summed E-state index contributed by atoms with van der Waals surface area (Å²) in [6.07, 6.45) is 0.0941. The van der Waals surface area contributed by atoms with Crippen LogP contribution in [0.25, 0.3) is 0 Å². The summed E-state index contributed by atoms with van der Waals surface area (Å²) < 4.78 is 4.95. The van der Waals surface area contributed by atoms with Crippen molar-refractivity contribution in [1.82, 2.24) is 0 Å². The molecule has 3 rings (SSSR count). The van der Waals surface area contributed by atoms with Crippen LogP contribution in [0, 0.1) is 5.92 Å². The molecule has 1 heterocycles. The largest absolute Gasteiger partial charge is 0.462 e. The highest BCUT2D eigenvalue weighted by Gasteiger charge is 2.35. The number of amides is 3. The van der Waals surface area contributed by atoms with Crippen LogP contribution in [-0.4, -0.2) is 36.8 Å². The highest BCUT2D eigenvalue weighted by molar-refractivity contribution is 6.04. The second kappa shape index (κ2) is 9.21. The molecule has 1 aliphatic heterocycles. The number of benzene rings is 2. The number of ether oxygens (including phenoxy) is 1. The molecule has 156 valence electrons. The Morgan fingerprint density at radius 2 is 1.73 bits per heavy atom. The molecule has 0 saturated carbocycles. The van der Waals surface area contributed by atoms with Gasteiger partial charge in [-0.05, 0) is 49.4 Å². The number of carbonyl (C=O) groups excluding carboxylic acids is 4. The first kappa shape index (κ1) is 21.0. The van der Waals surface area contributed by atoms with Crippen molar-refractivity contribution in [2.75, 3.05) is 28.7 Å². The normalized spacial score (nSPS) is 15.6. The monoisotopic (exact) mass is 409 g/mol. The van der Waals surface area contributed by atoms with E-state index < -0.39 is 11.9 Å². The van der Waals surface area contributed by atoms with E-state index in [4.69, 9.17) is 4.74 Å². The first-order valence-electron chi connectivity index (χ1n) is 9.63. The number of nitrogens with zero attached hydrogens (tertiary/aromatic N) is 1. The number of hydrogen-bond donors (Lipinski definition) is 2. The van der Waals surface area contributed by atoms with Gasteiger partial charge in [0.05, 0.1) is 18.1 Å². The van der Waals surface area contributed by atoms with Gasteiger partial charge in [0.1, 0.15) is 0 Å². The minimum absolute atomic E-state index is 0.0941. The molecule has 1 unspecified atom stereocenters. The molecule has 1 aliphatic rings. The zero-order valence-electron chi connectivity index (χ0n) is 16.8. The molecule has 2 aromatic carbocycles. The zero-order valence-corrected chi connectivity index (χ0v) is 16.8. The van der Waals surface area contributed by atoms with Crippen LogP contribution in [0.15, 0.2) is 48.5 Å². The van der Waals surface area contributed by atoms with E-state index in [2.05, 4.69) is 10.6 Å². The van der Waals surface area contributed by atoms with Gasteiger partial charge >= 0.3 is 5.97 Å². The van der Waals surface area contributed by atoms with Crippen LogP contribution >= 0.6 is 0 Å². The number of hydrogen-bond acceptors (Lipinski definition) is 5. The summed E-state index contributed by atoms with van der Waals surface area (Å²) in [5.74, 6) is -1.56. The van der Waals surface area contributed by atoms with E-state index in [1.54, 1.807) is 55.5 Å². The molecule has 1 atom stereocenters. The molecule has 0 spiro atoms. The summed E-state index contributed by atoms with van der Waals surface area (Å²) in [5.41, 5.74) is 2.14. The summed E-state index contributed by atoms with van der Waals surface area (Å²) in [6.45, 7) is 3.67. The molecular formula is C22H23N3O5. The second-order valence-corrected chi connectivity index (χ2v) is 6.92. The fourth-order valence-corrected chi connectivity index (χ4v) is 3.25. The molecule has 8 heteroatoms. The van der Waals surface area contributed by atoms with Crippen LogP contribution in [0.4, 0.5) is 17.1 Å². The van der Waals surface area contributed by atoms with Crippen LogP contribution in [0.5, 0.6) is 0 Å². The molecule has 0 aliphatic carbocycles. The van der Waals surface area contributed by atoms with Crippen molar-refractivity contribution < 1.29 is 23.9 Å². The maximum absolute atomic E-state index is 12.6. The van der Waals surface area contributed by atoms with E-state index >= 15 is 0 Å². The van der Waals surface area contributed by atoms with E-state index in [1.165, 1.54) is 11.8 Å². The van der Waals surface area contributed by atoms with Crippen LogP contribution < -0.4 is 15.5 Å². The first-order chi connectivity index (χ1) is 14.4. The summed E-state index contributed by atoms with van der Waals surface area (Å²) in [4.78, 5) is 49.6. The molecule has 1 fully saturated rings. The van der Waals surface area contributed by atoms with Crippen molar-refractivity contribution >= 4 is 40.8 Å². The van der Waals surface area contributed by atoms with Gasteiger partial charge < -0.3 is 20.3 Å². The summed E-state index contributed by atoms with van der Waals surface area (Å²) in [5, 5.41) is 5.46. The Kier molecular flexibility index (Phi) is 6.46. The Labute approximate surface area is 174 Å². The maximum Gasteiger partial charge on any atom is 0.338 e. The summed E-state index contributed by atoms with van der Waals surface area (Å²) in [6, 6.07) is 13.3. The molecule has 2 N–H and O–H groups in total. The van der Waals surface area contributed by atoms with E-state index in [0.29, 0.717) is 22.6 Å². The van der Waals surface area contributed by atoms with Gasteiger partial charge in [-0.3, -0.25) is 14.4 Å². The second-order valence-electron chi connectivity index (χ2n) is 6.92. The molecule has 1 saturated heterocycles. The highest BCUT2D eigenvalue weighted by atomic mass is 16.5. The fraction of sp³-hybridized carbons (Fsp3) is 0.273. The minimum Gasteiger partial charge on any atom is -0.462 e. The number of esters is 1. The third kappa shape index (κ3) is 5.02. The lowest BCUT2D eigenvalue weighted by atomic mass is 10.1. The smallest absolute Gasteiger partial charge is 0.338 e. The van der Waals surface area contributed by atoms with Crippen molar-refractivity contribution in [3.8, 4) is 0 Å². The van der Waals surface area contributed by atoms with Crippen LogP contribution in [0.2, 0.25) is 0 Å². The Balaban J connectivity index is 1.64. The van der Waals surface area contributed by atoms with Crippen molar-refractivity contribution in [2.24, 2.45) is 5.92 Å². The standard InChI is InChI=1S/C22H23N3O5/c1-3-30-22(29)15-7-9-19(10-8-15)25-13-16(11-20(25)27)21(28)24-18-6-4-5-17(12-18)23-14(2)26/h4-10,12,16H,3,11,13H2,1-2H3,(H,23,26)(H,24,28). The van der Waals surface area contributed by atoms with Gasteiger partial charge in [-0.2, -0.15) is 0 Å². The third-order valence-corrected chi connectivity index (χ3v) is 4.64. The fourth-order valence-electron chi connectivity index (χ4n) is 3.25. The third-order valence-electron chi connectivity index (χ3n) is 4.64. The van der Waals surface area contributed by atoms with E-state index in [-0.39, 0.29) is 37.3 Å². The Bertz CT molecular complexity index is 971. The van der Waals surface area contributed by atoms with Crippen LogP contribution in [-0.2, 0) is 19.1 Å². The van der Waals surface area contributed by atoms with Gasteiger partial charge in [0.15, 0.2) is 0 Å². The number of carbonyl (C=O) groups is 4. The molecule has 3 amide bonds. The highest BCUT2D eigenvalue weighted by Crippen LogP contribution is 2.27. The average Bonchev–Trinajstić information content (AvgIpc) is 3.10. The number of rotatable bonds is 6. The SMILES string of the molecule is CCOC(=O)c1ccc(N2CC(C(=O)Nc3cccc(NC(C)=O)c3)CC2=O)cc1. The number of anilines is 3. The van der Waals surface area contributed by atoms with Crippen molar-refractivity contribution in [1.29, 1.82) is 0 Å². The van der Waals surface area contributed by atoms with Gasteiger partial charge in [0.25, 0.3) is 0 Å². The van der Waals surface area contributed by atoms with Crippen molar-refractivity contribution in [2.45, 2.75) is 20.3 Å². The Morgan fingerprint density at radius 1 is 1.07 bits per heavy atom. The van der Waals surface area contributed by atoms with Crippen LogP contribution in [0.3, 0.4) is 0 Å². The minimum atomic E-state index is -0.508. The lowest BCUT2D eigenvalue weighted by molar-refractivity contribution is -0.122. The predicted molar refractivity (Wildman–Crippen MR) is 112 cm³/mol. The molecule has 8 nitrogen and oxygen atoms in total. The van der Waals surface area contributed by atoms with Crippen LogP contribution in [0.1, 0.15) is 30.6 Å². The molecular weight excluding hydrogens is 386 g/mol. The molecule has 0 bridgehead atoms. The Morgan fingerprint density at radius 3 is 2.37 bits per heavy atom. The van der Waals surface area contributed by atoms with Gasteiger partial charge in [-0.15, -0.1) is 0 Å². The lowest BCUT2D eigenvalue weighted by Gasteiger charge is -2.17. The van der Waals surface area contributed by atoms with Crippen molar-refractivity contribution in [3.05, 3.63) is 54.1 Å². The number of nitrogens with one attached hydrogen (secondary N) is 2.